The van der Waals surface area contributed by atoms with Crippen molar-refractivity contribution in [2.24, 2.45) is 0 Å². The predicted octanol–water partition coefficient (Wildman–Crippen LogP) is 3.27. The molecule has 1 atom stereocenters. The average molecular weight is 268 g/mol. The third-order valence-electron chi connectivity index (χ3n) is 3.69. The highest BCUT2D eigenvalue weighted by Crippen LogP contribution is 2.23. The fourth-order valence-electron chi connectivity index (χ4n) is 2.57. The van der Waals surface area contributed by atoms with Gasteiger partial charge >= 0.3 is 0 Å². The normalized spacial score (nSPS) is 19.3. The molecule has 1 aliphatic heterocycles. The lowest BCUT2D eigenvalue weighted by molar-refractivity contribution is 0.187. The monoisotopic (exact) mass is 268 g/mol. The van der Waals surface area contributed by atoms with Gasteiger partial charge in [-0.15, -0.1) is 0 Å². The molecule has 3 heteroatoms. The summed E-state index contributed by atoms with van der Waals surface area (Å²) in [6.07, 6.45) is 7.40. The van der Waals surface area contributed by atoms with Crippen LogP contribution in [0.5, 0.6) is 5.75 Å². The first-order chi connectivity index (χ1) is 9.92. The number of nitrogens with one attached hydrogen (secondary N) is 1. The molecule has 2 heterocycles. The molecule has 1 N–H and O–H groups in total. The second kappa shape index (κ2) is 6.53. The van der Waals surface area contributed by atoms with Crippen LogP contribution >= 0.6 is 0 Å². The zero-order valence-corrected chi connectivity index (χ0v) is 11.6. The maximum atomic E-state index is 6.07. The molecule has 0 aliphatic carbocycles. The van der Waals surface area contributed by atoms with Gasteiger partial charge < -0.3 is 10.1 Å². The minimum absolute atomic E-state index is 0.344. The van der Waals surface area contributed by atoms with Gasteiger partial charge in [-0.25, -0.2) is 0 Å². The molecule has 3 rings (SSSR count). The number of aromatic nitrogens is 1. The lowest BCUT2D eigenvalue weighted by atomic mass is 10.1. The lowest BCUT2D eigenvalue weighted by Gasteiger charge is -2.16. The van der Waals surface area contributed by atoms with Gasteiger partial charge in [0.2, 0.25) is 0 Å². The van der Waals surface area contributed by atoms with Crippen molar-refractivity contribution in [3.8, 4) is 16.9 Å². The summed E-state index contributed by atoms with van der Waals surface area (Å²) in [5.41, 5.74) is 2.38. The molecule has 1 saturated heterocycles. The Morgan fingerprint density at radius 1 is 0.900 bits per heavy atom. The Hall–Kier alpha value is -1.87. The van der Waals surface area contributed by atoms with Gasteiger partial charge in [0.1, 0.15) is 5.75 Å². The van der Waals surface area contributed by atoms with E-state index >= 15 is 0 Å². The Bertz CT molecular complexity index is 516. The second-order valence-electron chi connectivity index (χ2n) is 5.18. The largest absolute Gasteiger partial charge is 0.490 e. The molecule has 0 bridgehead atoms. The van der Waals surface area contributed by atoms with Crippen LogP contribution in [0.4, 0.5) is 0 Å². The summed E-state index contributed by atoms with van der Waals surface area (Å²) < 4.78 is 6.07. The highest BCUT2D eigenvalue weighted by molar-refractivity contribution is 5.63. The Kier molecular flexibility index (Phi) is 4.28. The highest BCUT2D eigenvalue weighted by atomic mass is 16.5. The smallest absolute Gasteiger partial charge is 0.119 e. The summed E-state index contributed by atoms with van der Waals surface area (Å²) in [6, 6.07) is 12.4. The molecule has 3 nitrogen and oxygen atoms in total. The van der Waals surface area contributed by atoms with Crippen molar-refractivity contribution in [3.05, 3.63) is 48.8 Å². The lowest BCUT2D eigenvalue weighted by Crippen LogP contribution is -2.19. The van der Waals surface area contributed by atoms with E-state index in [0.29, 0.717) is 6.10 Å². The van der Waals surface area contributed by atoms with Crippen LogP contribution in [0.1, 0.15) is 19.3 Å². The maximum Gasteiger partial charge on any atom is 0.119 e. The summed E-state index contributed by atoms with van der Waals surface area (Å²) in [4.78, 5) is 4.04. The third kappa shape index (κ3) is 3.36. The third-order valence-corrected chi connectivity index (χ3v) is 3.69. The molecule has 0 saturated carbocycles. The molecule has 0 radical (unpaired) electrons. The van der Waals surface area contributed by atoms with E-state index in [0.717, 1.165) is 31.7 Å². The molecule has 1 unspecified atom stereocenters. The van der Waals surface area contributed by atoms with Gasteiger partial charge in [0.15, 0.2) is 0 Å². The van der Waals surface area contributed by atoms with E-state index in [-0.39, 0.29) is 0 Å². The van der Waals surface area contributed by atoms with Crippen LogP contribution in [0.3, 0.4) is 0 Å². The van der Waals surface area contributed by atoms with Crippen LogP contribution in [0.2, 0.25) is 0 Å². The van der Waals surface area contributed by atoms with Crippen LogP contribution in [0.15, 0.2) is 48.8 Å². The van der Waals surface area contributed by atoms with Crippen molar-refractivity contribution < 1.29 is 4.74 Å². The van der Waals surface area contributed by atoms with E-state index in [2.05, 4.69) is 34.6 Å². The van der Waals surface area contributed by atoms with E-state index < -0.39 is 0 Å². The molecule has 1 fully saturated rings. The van der Waals surface area contributed by atoms with Crippen LogP contribution in [0.25, 0.3) is 11.1 Å². The van der Waals surface area contributed by atoms with E-state index in [4.69, 9.17) is 4.74 Å². The summed E-state index contributed by atoms with van der Waals surface area (Å²) in [6.45, 7) is 2.17. The fourth-order valence-corrected chi connectivity index (χ4v) is 2.57. The number of ether oxygens (including phenoxy) is 1. The zero-order chi connectivity index (χ0) is 13.6. The minimum Gasteiger partial charge on any atom is -0.490 e. The SMILES string of the molecule is c1cc(-c2ccc(OC3CCCNCC3)cc2)ccn1. The topological polar surface area (TPSA) is 34.1 Å². The van der Waals surface area contributed by atoms with Crippen LogP contribution in [-0.4, -0.2) is 24.2 Å². The second-order valence-corrected chi connectivity index (χ2v) is 5.18. The molecule has 0 amide bonds. The molecule has 20 heavy (non-hydrogen) atoms. The molecule has 1 aromatic heterocycles. The molecular weight excluding hydrogens is 248 g/mol. The first-order valence-corrected chi connectivity index (χ1v) is 7.30. The summed E-state index contributed by atoms with van der Waals surface area (Å²) >= 11 is 0. The van der Waals surface area contributed by atoms with Crippen molar-refractivity contribution in [1.29, 1.82) is 0 Å². The Morgan fingerprint density at radius 3 is 2.45 bits per heavy atom. The van der Waals surface area contributed by atoms with Gasteiger partial charge in [-0.05, 0) is 67.7 Å². The quantitative estimate of drug-likeness (QED) is 0.927. The standard InChI is InChI=1S/C17H20N2O/c1-2-16(9-13-18-10-1)20-17-5-3-14(4-6-17)15-7-11-19-12-8-15/h3-8,11-12,16,18H,1-2,9-10,13H2. The molecule has 0 spiro atoms. The first kappa shape index (κ1) is 13.1. The van der Waals surface area contributed by atoms with E-state index in [1.807, 2.05) is 24.5 Å². The number of nitrogens with zero attached hydrogens (tertiary/aromatic N) is 1. The minimum atomic E-state index is 0.344. The summed E-state index contributed by atoms with van der Waals surface area (Å²) in [5.74, 6) is 0.967. The number of pyridine rings is 1. The van der Waals surface area contributed by atoms with Gasteiger partial charge in [0.25, 0.3) is 0 Å². The zero-order valence-electron chi connectivity index (χ0n) is 11.6. The number of benzene rings is 1. The summed E-state index contributed by atoms with van der Waals surface area (Å²) in [5, 5.41) is 3.41. The number of hydrogen-bond donors (Lipinski definition) is 1. The van der Waals surface area contributed by atoms with E-state index in [1.165, 1.54) is 17.5 Å². The van der Waals surface area contributed by atoms with Crippen molar-refractivity contribution in [2.45, 2.75) is 25.4 Å². The van der Waals surface area contributed by atoms with Gasteiger partial charge in [-0.3, -0.25) is 4.98 Å². The van der Waals surface area contributed by atoms with Gasteiger partial charge in [0, 0.05) is 12.4 Å². The van der Waals surface area contributed by atoms with Crippen molar-refractivity contribution in [1.82, 2.24) is 10.3 Å². The molecule has 1 aliphatic rings. The summed E-state index contributed by atoms with van der Waals surface area (Å²) in [7, 11) is 0. The number of hydrogen-bond acceptors (Lipinski definition) is 3. The number of rotatable bonds is 3. The Morgan fingerprint density at radius 2 is 1.65 bits per heavy atom. The van der Waals surface area contributed by atoms with Crippen LogP contribution in [-0.2, 0) is 0 Å². The Labute approximate surface area is 120 Å². The van der Waals surface area contributed by atoms with Crippen molar-refractivity contribution in [2.75, 3.05) is 13.1 Å². The molecule has 104 valence electrons. The van der Waals surface area contributed by atoms with Crippen molar-refractivity contribution >= 4 is 0 Å². The van der Waals surface area contributed by atoms with E-state index in [9.17, 15) is 0 Å². The fraction of sp³-hybridized carbons (Fsp3) is 0.353. The first-order valence-electron chi connectivity index (χ1n) is 7.30. The molecule has 2 aromatic rings. The van der Waals surface area contributed by atoms with Gasteiger partial charge in [-0.2, -0.15) is 0 Å². The van der Waals surface area contributed by atoms with Gasteiger partial charge in [-0.1, -0.05) is 12.1 Å². The average Bonchev–Trinajstić information content (AvgIpc) is 2.78. The van der Waals surface area contributed by atoms with E-state index in [1.54, 1.807) is 0 Å². The maximum absolute atomic E-state index is 6.07. The predicted molar refractivity (Wildman–Crippen MR) is 80.8 cm³/mol. The Balaban J connectivity index is 1.67. The molecule has 1 aromatic carbocycles. The van der Waals surface area contributed by atoms with Crippen LogP contribution < -0.4 is 10.1 Å². The van der Waals surface area contributed by atoms with Gasteiger partial charge in [0.05, 0.1) is 6.10 Å². The van der Waals surface area contributed by atoms with Crippen molar-refractivity contribution in [3.63, 3.8) is 0 Å². The molecular formula is C17H20N2O. The van der Waals surface area contributed by atoms with Crippen LogP contribution in [0, 0.1) is 0 Å². The highest BCUT2D eigenvalue weighted by Gasteiger charge is 2.13.